The van der Waals surface area contributed by atoms with Crippen molar-refractivity contribution in [1.82, 2.24) is 9.80 Å². The molecule has 1 aromatic carbocycles. The normalized spacial score (nSPS) is 21.7. The number of hydrogen-bond acceptors (Lipinski definition) is 3. The first kappa shape index (κ1) is 15.3. The molecular weight excluding hydrogens is 276 g/mol. The van der Waals surface area contributed by atoms with Crippen molar-refractivity contribution >= 4 is 6.09 Å². The number of likely N-dealkylation sites (tertiary alicyclic amines) is 1. The lowest BCUT2D eigenvalue weighted by molar-refractivity contribution is -0.268. The maximum Gasteiger partial charge on any atom is 0.137 e. The summed E-state index contributed by atoms with van der Waals surface area (Å²) in [4.78, 5) is 15.4. The SMILES string of the molecule is CC(C)(C)N1CCC2(CC1)CN(C(=O)[O-])Cc1ccccc12. The molecule has 2 heterocycles. The lowest BCUT2D eigenvalue weighted by Crippen LogP contribution is -2.57. The van der Waals surface area contributed by atoms with Gasteiger partial charge in [0, 0.05) is 24.0 Å². The van der Waals surface area contributed by atoms with E-state index in [0.29, 0.717) is 13.1 Å². The van der Waals surface area contributed by atoms with Crippen molar-refractivity contribution in [2.45, 2.75) is 51.1 Å². The highest BCUT2D eigenvalue weighted by Crippen LogP contribution is 2.42. The molecule has 2 aliphatic rings. The number of rotatable bonds is 0. The van der Waals surface area contributed by atoms with Crippen LogP contribution in [0.1, 0.15) is 44.7 Å². The Balaban J connectivity index is 1.91. The predicted octanol–water partition coefficient (Wildman–Crippen LogP) is 1.98. The molecule has 4 heteroatoms. The molecule has 0 radical (unpaired) electrons. The van der Waals surface area contributed by atoms with Gasteiger partial charge in [-0.3, -0.25) is 4.90 Å². The van der Waals surface area contributed by atoms with Gasteiger partial charge in [-0.1, -0.05) is 24.3 Å². The van der Waals surface area contributed by atoms with Gasteiger partial charge in [-0.15, -0.1) is 0 Å². The quantitative estimate of drug-likeness (QED) is 0.736. The molecule has 1 spiro atoms. The van der Waals surface area contributed by atoms with Crippen molar-refractivity contribution < 1.29 is 9.90 Å². The van der Waals surface area contributed by atoms with Crippen LogP contribution in [0.25, 0.3) is 0 Å². The Morgan fingerprint density at radius 3 is 2.41 bits per heavy atom. The summed E-state index contributed by atoms with van der Waals surface area (Å²) in [6.07, 6.45) is 0.961. The second-order valence-corrected chi connectivity index (χ2v) is 7.72. The van der Waals surface area contributed by atoms with E-state index < -0.39 is 6.09 Å². The van der Waals surface area contributed by atoms with Crippen LogP contribution in [0.3, 0.4) is 0 Å². The largest absolute Gasteiger partial charge is 0.530 e. The van der Waals surface area contributed by atoms with Gasteiger partial charge in [-0.2, -0.15) is 0 Å². The zero-order chi connectivity index (χ0) is 16.0. The highest BCUT2D eigenvalue weighted by atomic mass is 16.4. The molecule has 1 fully saturated rings. The van der Waals surface area contributed by atoms with Crippen LogP contribution >= 0.6 is 0 Å². The number of benzene rings is 1. The number of carbonyl (C=O) groups is 1. The lowest BCUT2D eigenvalue weighted by Gasteiger charge is -2.51. The summed E-state index contributed by atoms with van der Waals surface area (Å²) in [6.45, 7) is 9.79. The third-order valence-electron chi connectivity index (χ3n) is 5.37. The predicted molar refractivity (Wildman–Crippen MR) is 84.5 cm³/mol. The fourth-order valence-electron chi connectivity index (χ4n) is 4.05. The first-order valence-electron chi connectivity index (χ1n) is 8.11. The van der Waals surface area contributed by atoms with Crippen LogP contribution in [-0.2, 0) is 12.0 Å². The second kappa shape index (κ2) is 5.27. The van der Waals surface area contributed by atoms with Crippen LogP contribution in [-0.4, -0.2) is 41.1 Å². The van der Waals surface area contributed by atoms with Gasteiger partial charge in [-0.25, -0.2) is 0 Å². The van der Waals surface area contributed by atoms with Crippen LogP contribution in [0.4, 0.5) is 4.79 Å². The number of hydrogen-bond donors (Lipinski definition) is 0. The maximum absolute atomic E-state index is 11.4. The summed E-state index contributed by atoms with van der Waals surface area (Å²) in [5, 5.41) is 11.4. The average molecular weight is 301 g/mol. The Hall–Kier alpha value is -1.55. The highest BCUT2D eigenvalue weighted by molar-refractivity contribution is 5.64. The summed E-state index contributed by atoms with van der Waals surface area (Å²) < 4.78 is 0. The molecule has 1 saturated heterocycles. The summed E-state index contributed by atoms with van der Waals surface area (Å²) in [6, 6.07) is 8.32. The minimum Gasteiger partial charge on any atom is -0.530 e. The molecular formula is C18H25N2O2-. The molecule has 1 amide bonds. The Bertz CT molecular complexity index is 569. The molecule has 0 aliphatic carbocycles. The summed E-state index contributed by atoms with van der Waals surface area (Å²) in [5.41, 5.74) is 2.61. The maximum atomic E-state index is 11.4. The molecule has 0 bridgehead atoms. The zero-order valence-electron chi connectivity index (χ0n) is 13.8. The van der Waals surface area contributed by atoms with Crippen LogP contribution in [0.2, 0.25) is 0 Å². The number of fused-ring (bicyclic) bond motifs is 2. The van der Waals surface area contributed by atoms with Gasteiger partial charge in [0.1, 0.15) is 6.09 Å². The van der Waals surface area contributed by atoms with Crippen LogP contribution in [0.15, 0.2) is 24.3 Å². The van der Waals surface area contributed by atoms with Gasteiger partial charge >= 0.3 is 0 Å². The Morgan fingerprint density at radius 2 is 1.82 bits per heavy atom. The van der Waals surface area contributed by atoms with Gasteiger partial charge in [0.05, 0.1) is 0 Å². The number of amides is 1. The number of carboxylic acid groups (broad SMARTS) is 1. The molecule has 120 valence electrons. The first-order valence-corrected chi connectivity index (χ1v) is 8.11. The van der Waals surface area contributed by atoms with Crippen molar-refractivity contribution in [2.75, 3.05) is 19.6 Å². The Labute approximate surface area is 132 Å². The number of carbonyl (C=O) groups excluding carboxylic acids is 1. The molecule has 4 nitrogen and oxygen atoms in total. The van der Waals surface area contributed by atoms with Crippen molar-refractivity contribution in [3.05, 3.63) is 35.4 Å². The zero-order valence-corrected chi connectivity index (χ0v) is 13.8. The molecule has 0 aromatic heterocycles. The van der Waals surface area contributed by atoms with E-state index in [0.717, 1.165) is 31.5 Å². The topological polar surface area (TPSA) is 46.6 Å². The van der Waals surface area contributed by atoms with E-state index in [4.69, 9.17) is 0 Å². The fourth-order valence-corrected chi connectivity index (χ4v) is 4.05. The third-order valence-corrected chi connectivity index (χ3v) is 5.37. The number of piperidine rings is 1. The van der Waals surface area contributed by atoms with E-state index in [1.54, 1.807) is 0 Å². The van der Waals surface area contributed by atoms with Crippen LogP contribution in [0.5, 0.6) is 0 Å². The van der Waals surface area contributed by atoms with Crippen molar-refractivity contribution in [3.63, 3.8) is 0 Å². The molecule has 0 atom stereocenters. The van der Waals surface area contributed by atoms with Gasteiger partial charge in [0.25, 0.3) is 0 Å². The van der Waals surface area contributed by atoms with E-state index >= 15 is 0 Å². The molecule has 0 saturated carbocycles. The molecule has 1 aromatic rings. The summed E-state index contributed by atoms with van der Waals surface area (Å²) in [5.74, 6) is 0. The average Bonchev–Trinajstić information content (AvgIpc) is 2.47. The van der Waals surface area contributed by atoms with E-state index in [1.165, 1.54) is 10.5 Å². The van der Waals surface area contributed by atoms with Crippen molar-refractivity contribution in [1.29, 1.82) is 0 Å². The minimum absolute atomic E-state index is 0.0450. The van der Waals surface area contributed by atoms with E-state index in [-0.39, 0.29) is 11.0 Å². The minimum atomic E-state index is -1.05. The van der Waals surface area contributed by atoms with Gasteiger partial charge in [0.2, 0.25) is 0 Å². The number of nitrogens with zero attached hydrogens (tertiary/aromatic N) is 2. The van der Waals surface area contributed by atoms with Crippen LogP contribution in [0, 0.1) is 0 Å². The highest BCUT2D eigenvalue weighted by Gasteiger charge is 2.43. The van der Waals surface area contributed by atoms with Gasteiger partial charge < -0.3 is 14.8 Å². The van der Waals surface area contributed by atoms with Gasteiger partial charge in [-0.05, 0) is 57.8 Å². The molecule has 3 rings (SSSR count). The lowest BCUT2D eigenvalue weighted by atomic mass is 9.68. The van der Waals surface area contributed by atoms with Crippen molar-refractivity contribution in [2.24, 2.45) is 0 Å². The third kappa shape index (κ3) is 2.60. The monoisotopic (exact) mass is 301 g/mol. The van der Waals surface area contributed by atoms with Crippen molar-refractivity contribution in [3.8, 4) is 0 Å². The summed E-state index contributed by atoms with van der Waals surface area (Å²) in [7, 11) is 0. The standard InChI is InChI=1S/C18H26N2O2/c1-17(2,3)20-10-8-18(9-11-20)13-19(16(21)22)12-14-6-4-5-7-15(14)18/h4-7H,8-13H2,1-3H3,(H,21,22)/p-1. The second-order valence-electron chi connectivity index (χ2n) is 7.72. The van der Waals surface area contributed by atoms with Crippen LogP contribution < -0.4 is 5.11 Å². The smallest absolute Gasteiger partial charge is 0.137 e. The van der Waals surface area contributed by atoms with E-state index in [9.17, 15) is 9.90 Å². The van der Waals surface area contributed by atoms with Gasteiger partial charge in [0.15, 0.2) is 0 Å². The Kier molecular flexibility index (Phi) is 3.68. The first-order chi connectivity index (χ1) is 10.3. The Morgan fingerprint density at radius 1 is 1.18 bits per heavy atom. The molecule has 22 heavy (non-hydrogen) atoms. The molecule has 0 N–H and O–H groups in total. The van der Waals surface area contributed by atoms with E-state index in [1.807, 2.05) is 6.07 Å². The fraction of sp³-hybridized carbons (Fsp3) is 0.611. The van der Waals surface area contributed by atoms with E-state index in [2.05, 4.69) is 43.9 Å². The molecule has 2 aliphatic heterocycles. The summed E-state index contributed by atoms with van der Waals surface area (Å²) >= 11 is 0. The molecule has 0 unspecified atom stereocenters.